The molecular weight excluding hydrogens is 296 g/mol. The smallest absolute Gasteiger partial charge is 0.408 e. The predicted octanol–water partition coefficient (Wildman–Crippen LogP) is 0.428. The normalized spacial score (nSPS) is 13.0. The number of rotatable bonds is 5. The molecule has 2 rings (SSSR count). The van der Waals surface area contributed by atoms with Crippen LogP contribution in [0.25, 0.3) is 11.1 Å². The highest BCUT2D eigenvalue weighted by atomic mass is 32.2. The van der Waals surface area contributed by atoms with Crippen molar-refractivity contribution >= 4 is 21.1 Å². The Morgan fingerprint density at radius 3 is 2.67 bits per heavy atom. The lowest BCUT2D eigenvalue weighted by atomic mass is 9.96. The molecule has 0 saturated heterocycles. The quantitative estimate of drug-likeness (QED) is 0.833. The van der Waals surface area contributed by atoms with Gasteiger partial charge in [0.1, 0.15) is 0 Å². The van der Waals surface area contributed by atoms with Crippen molar-refractivity contribution in [2.45, 2.75) is 18.7 Å². The van der Waals surface area contributed by atoms with Crippen molar-refractivity contribution < 1.29 is 17.9 Å². The number of aliphatic hydroxyl groups is 1. The zero-order valence-corrected chi connectivity index (χ0v) is 12.9. The van der Waals surface area contributed by atoms with Crippen LogP contribution in [0.3, 0.4) is 0 Å². The van der Waals surface area contributed by atoms with Gasteiger partial charge in [0.05, 0.1) is 10.4 Å². The molecule has 0 atom stereocenters. The minimum absolute atomic E-state index is 0.0121. The van der Waals surface area contributed by atoms with Crippen molar-refractivity contribution in [1.82, 2.24) is 9.29 Å². The van der Waals surface area contributed by atoms with Crippen molar-refractivity contribution in [2.24, 2.45) is 12.5 Å². The molecule has 0 aliphatic heterocycles. The molecule has 7 nitrogen and oxygen atoms in total. The fourth-order valence-corrected chi connectivity index (χ4v) is 2.97. The summed E-state index contributed by atoms with van der Waals surface area (Å²) in [6, 6.07) is 4.24. The molecule has 21 heavy (non-hydrogen) atoms. The van der Waals surface area contributed by atoms with Crippen LogP contribution in [0.1, 0.15) is 13.8 Å². The summed E-state index contributed by atoms with van der Waals surface area (Å²) >= 11 is 0. The van der Waals surface area contributed by atoms with Crippen LogP contribution >= 0.6 is 0 Å². The van der Waals surface area contributed by atoms with E-state index in [2.05, 4.69) is 4.72 Å². The third-order valence-corrected chi connectivity index (χ3v) is 4.64. The van der Waals surface area contributed by atoms with Gasteiger partial charge >= 0.3 is 5.76 Å². The first kappa shape index (κ1) is 15.7. The SMILES string of the molecule is Cn1c(=O)oc2cc(S(=O)(=O)NCC(C)(C)CO)ccc21. The summed E-state index contributed by atoms with van der Waals surface area (Å²) in [4.78, 5) is 11.4. The Hall–Kier alpha value is -1.64. The second-order valence-corrected chi connectivity index (χ2v) is 7.47. The van der Waals surface area contributed by atoms with Crippen molar-refractivity contribution in [3.8, 4) is 0 Å². The zero-order chi connectivity index (χ0) is 15.8. The number of nitrogens with one attached hydrogen (secondary N) is 1. The second kappa shape index (κ2) is 5.28. The minimum atomic E-state index is -3.73. The lowest BCUT2D eigenvalue weighted by Crippen LogP contribution is -2.36. The average Bonchev–Trinajstić information content (AvgIpc) is 2.72. The molecule has 0 amide bonds. The molecule has 0 radical (unpaired) electrons. The molecule has 0 fully saturated rings. The number of aliphatic hydroxyl groups excluding tert-OH is 1. The van der Waals surface area contributed by atoms with E-state index in [0.29, 0.717) is 5.52 Å². The monoisotopic (exact) mass is 314 g/mol. The number of fused-ring (bicyclic) bond motifs is 1. The van der Waals surface area contributed by atoms with E-state index in [1.807, 2.05) is 0 Å². The Bertz CT molecular complexity index is 817. The van der Waals surface area contributed by atoms with Crippen LogP contribution in [0, 0.1) is 5.41 Å². The number of benzene rings is 1. The van der Waals surface area contributed by atoms with E-state index in [9.17, 15) is 13.2 Å². The van der Waals surface area contributed by atoms with Crippen molar-refractivity contribution in [3.63, 3.8) is 0 Å². The Morgan fingerprint density at radius 2 is 2.05 bits per heavy atom. The van der Waals surface area contributed by atoms with Crippen molar-refractivity contribution in [3.05, 3.63) is 28.7 Å². The van der Waals surface area contributed by atoms with Crippen LogP contribution in [-0.2, 0) is 17.1 Å². The Balaban J connectivity index is 2.34. The zero-order valence-electron chi connectivity index (χ0n) is 12.1. The van der Waals surface area contributed by atoms with Crippen LogP contribution in [0.15, 0.2) is 32.3 Å². The molecule has 116 valence electrons. The molecule has 0 spiro atoms. The minimum Gasteiger partial charge on any atom is -0.408 e. The first-order valence-corrected chi connectivity index (χ1v) is 7.85. The van der Waals surface area contributed by atoms with E-state index < -0.39 is 21.2 Å². The van der Waals surface area contributed by atoms with Gasteiger partial charge in [-0.05, 0) is 12.1 Å². The van der Waals surface area contributed by atoms with E-state index in [-0.39, 0.29) is 23.6 Å². The molecule has 0 saturated carbocycles. The van der Waals surface area contributed by atoms with Gasteiger partial charge in [-0.3, -0.25) is 4.57 Å². The number of aryl methyl sites for hydroxylation is 1. The van der Waals surface area contributed by atoms with E-state index in [1.165, 1.54) is 22.8 Å². The third-order valence-electron chi connectivity index (χ3n) is 3.24. The van der Waals surface area contributed by atoms with Crippen LogP contribution < -0.4 is 10.5 Å². The molecule has 1 aromatic heterocycles. The first-order valence-electron chi connectivity index (χ1n) is 6.36. The summed E-state index contributed by atoms with van der Waals surface area (Å²) in [5.41, 5.74) is 0.178. The maximum Gasteiger partial charge on any atom is 0.419 e. The maximum absolute atomic E-state index is 12.2. The molecule has 2 N–H and O–H groups in total. The first-order chi connectivity index (χ1) is 9.66. The van der Waals surface area contributed by atoms with Crippen LogP contribution in [0.5, 0.6) is 0 Å². The van der Waals surface area contributed by atoms with Crippen LogP contribution in [0.4, 0.5) is 0 Å². The lowest BCUT2D eigenvalue weighted by Gasteiger charge is -2.21. The molecule has 8 heteroatoms. The lowest BCUT2D eigenvalue weighted by molar-refractivity contribution is 0.163. The number of nitrogens with zero attached hydrogens (tertiary/aromatic N) is 1. The molecule has 0 aliphatic rings. The van der Waals surface area contributed by atoms with Crippen LogP contribution in [-0.4, -0.2) is 31.2 Å². The summed E-state index contributed by atoms with van der Waals surface area (Å²) < 4.78 is 33.1. The molecule has 1 heterocycles. The topological polar surface area (TPSA) is 102 Å². The Labute approximate surface area is 122 Å². The van der Waals surface area contributed by atoms with Gasteiger partial charge in [-0.2, -0.15) is 0 Å². The highest BCUT2D eigenvalue weighted by molar-refractivity contribution is 7.89. The van der Waals surface area contributed by atoms with Gasteiger partial charge in [0.25, 0.3) is 0 Å². The Kier molecular flexibility index (Phi) is 3.96. The summed E-state index contributed by atoms with van der Waals surface area (Å²) in [5, 5.41) is 9.15. The summed E-state index contributed by atoms with van der Waals surface area (Å²) in [7, 11) is -2.19. The van der Waals surface area contributed by atoms with Gasteiger partial charge in [-0.25, -0.2) is 17.9 Å². The summed E-state index contributed by atoms with van der Waals surface area (Å²) in [5.74, 6) is -0.547. The molecule has 2 aromatic rings. The van der Waals surface area contributed by atoms with E-state index in [0.717, 1.165) is 0 Å². The number of aromatic nitrogens is 1. The van der Waals surface area contributed by atoms with E-state index in [4.69, 9.17) is 9.52 Å². The van der Waals surface area contributed by atoms with Gasteiger partial charge in [-0.1, -0.05) is 13.8 Å². The number of hydrogen-bond acceptors (Lipinski definition) is 5. The fraction of sp³-hybridized carbons (Fsp3) is 0.462. The fourth-order valence-electron chi connectivity index (χ4n) is 1.71. The van der Waals surface area contributed by atoms with E-state index >= 15 is 0 Å². The van der Waals surface area contributed by atoms with Gasteiger partial charge in [0.2, 0.25) is 10.0 Å². The number of sulfonamides is 1. The third kappa shape index (κ3) is 3.17. The summed E-state index contributed by atoms with van der Waals surface area (Å²) in [6.45, 7) is 3.45. The highest BCUT2D eigenvalue weighted by Gasteiger charge is 2.22. The molecular formula is C13H18N2O5S. The molecule has 0 aliphatic carbocycles. The van der Waals surface area contributed by atoms with Gasteiger partial charge in [0, 0.05) is 31.7 Å². The summed E-state index contributed by atoms with van der Waals surface area (Å²) in [6.07, 6.45) is 0. The van der Waals surface area contributed by atoms with Gasteiger partial charge in [0.15, 0.2) is 5.58 Å². The largest absolute Gasteiger partial charge is 0.419 e. The van der Waals surface area contributed by atoms with Crippen LogP contribution in [0.2, 0.25) is 0 Å². The standard InChI is InChI=1S/C13H18N2O5S/c1-13(2,8-16)7-14-21(18,19)9-4-5-10-11(6-9)20-12(17)15(10)3/h4-6,14,16H,7-8H2,1-3H3. The van der Waals surface area contributed by atoms with Crippen molar-refractivity contribution in [2.75, 3.05) is 13.2 Å². The van der Waals surface area contributed by atoms with Gasteiger partial charge < -0.3 is 9.52 Å². The predicted molar refractivity (Wildman–Crippen MR) is 77.5 cm³/mol. The second-order valence-electron chi connectivity index (χ2n) is 5.70. The number of oxazole rings is 1. The Morgan fingerprint density at radius 1 is 1.38 bits per heavy atom. The maximum atomic E-state index is 12.2. The molecule has 0 bridgehead atoms. The van der Waals surface area contributed by atoms with Crippen molar-refractivity contribution in [1.29, 1.82) is 0 Å². The highest BCUT2D eigenvalue weighted by Crippen LogP contribution is 2.19. The average molecular weight is 314 g/mol. The van der Waals surface area contributed by atoms with Gasteiger partial charge in [-0.15, -0.1) is 0 Å². The van der Waals surface area contributed by atoms with E-state index in [1.54, 1.807) is 20.9 Å². The molecule has 0 unspecified atom stereocenters. The number of hydrogen-bond donors (Lipinski definition) is 2. The molecule has 1 aromatic carbocycles.